The Hall–Kier alpha value is -1.41. The maximum absolute atomic E-state index is 12.4. The summed E-state index contributed by atoms with van der Waals surface area (Å²) in [6, 6.07) is 1.34. The number of carbonyl (C=O) groups is 2. The summed E-state index contributed by atoms with van der Waals surface area (Å²) in [5.74, 6) is -1.12. The van der Waals surface area contributed by atoms with Gasteiger partial charge in [-0.3, -0.25) is 9.59 Å². The van der Waals surface area contributed by atoms with E-state index in [9.17, 15) is 18.0 Å². The molecule has 1 heterocycles. The first-order valence-electron chi connectivity index (χ1n) is 6.41. The number of aliphatic carboxylic acids is 1. The van der Waals surface area contributed by atoms with E-state index in [-0.39, 0.29) is 34.6 Å². The number of rotatable bonds is 7. The molecule has 0 spiro atoms. The van der Waals surface area contributed by atoms with E-state index < -0.39 is 15.8 Å². The van der Waals surface area contributed by atoms with E-state index in [1.165, 1.54) is 16.3 Å². The normalized spacial score (nSPS) is 11.6. The lowest BCUT2D eigenvalue weighted by atomic mass is 10.2. The smallest absolute Gasteiger partial charge is 0.305 e. The molecule has 118 valence electrons. The second-order valence-electron chi connectivity index (χ2n) is 5.22. The van der Waals surface area contributed by atoms with Crippen LogP contribution in [0.25, 0.3) is 0 Å². The van der Waals surface area contributed by atoms with E-state index in [1.807, 2.05) is 13.8 Å². The van der Waals surface area contributed by atoms with Crippen LogP contribution in [0, 0.1) is 5.92 Å². The Morgan fingerprint density at radius 1 is 1.38 bits per heavy atom. The third kappa shape index (κ3) is 5.47. The van der Waals surface area contributed by atoms with Crippen molar-refractivity contribution in [3.63, 3.8) is 0 Å². The second-order valence-corrected chi connectivity index (χ2v) is 8.37. The van der Waals surface area contributed by atoms with E-state index in [0.29, 0.717) is 6.54 Å². The van der Waals surface area contributed by atoms with Gasteiger partial charge < -0.3 is 10.0 Å². The SMILES string of the molecule is CC(C)CN(CCC(=O)O)C(=O)c1csc(S(C)(=O)=O)c1. The Morgan fingerprint density at radius 2 is 2.00 bits per heavy atom. The van der Waals surface area contributed by atoms with Crippen LogP contribution < -0.4 is 0 Å². The molecular formula is C13H19NO5S2. The number of thiophene rings is 1. The van der Waals surface area contributed by atoms with Gasteiger partial charge in [-0.05, 0) is 12.0 Å². The molecular weight excluding hydrogens is 314 g/mol. The lowest BCUT2D eigenvalue weighted by Gasteiger charge is -2.23. The van der Waals surface area contributed by atoms with E-state index in [4.69, 9.17) is 5.11 Å². The average molecular weight is 333 g/mol. The Labute approximate surface area is 128 Å². The fourth-order valence-corrected chi connectivity index (χ4v) is 3.54. The average Bonchev–Trinajstić information content (AvgIpc) is 2.82. The van der Waals surface area contributed by atoms with Gasteiger partial charge in [0.25, 0.3) is 5.91 Å². The first kappa shape index (κ1) is 17.6. The quantitative estimate of drug-likeness (QED) is 0.820. The third-order valence-corrected chi connectivity index (χ3v) is 5.42. The predicted molar refractivity (Wildman–Crippen MR) is 80.4 cm³/mol. The predicted octanol–water partition coefficient (Wildman–Crippen LogP) is 1.72. The Bertz CT molecular complexity index is 618. The van der Waals surface area contributed by atoms with Gasteiger partial charge in [-0.1, -0.05) is 13.8 Å². The molecule has 0 aliphatic rings. The Kier molecular flexibility index (Phi) is 5.91. The molecule has 0 saturated carbocycles. The fraction of sp³-hybridized carbons (Fsp3) is 0.538. The minimum atomic E-state index is -3.34. The van der Waals surface area contributed by atoms with E-state index in [1.54, 1.807) is 0 Å². The summed E-state index contributed by atoms with van der Waals surface area (Å²) in [6.45, 7) is 4.39. The van der Waals surface area contributed by atoms with E-state index in [2.05, 4.69) is 0 Å². The third-order valence-electron chi connectivity index (χ3n) is 2.66. The van der Waals surface area contributed by atoms with Crippen molar-refractivity contribution in [1.82, 2.24) is 4.90 Å². The molecule has 0 aliphatic heterocycles. The van der Waals surface area contributed by atoms with Crippen LogP contribution >= 0.6 is 11.3 Å². The molecule has 0 radical (unpaired) electrons. The highest BCUT2D eigenvalue weighted by molar-refractivity contribution is 7.92. The van der Waals surface area contributed by atoms with Gasteiger partial charge in [0.05, 0.1) is 12.0 Å². The molecule has 1 aromatic heterocycles. The number of amides is 1. The van der Waals surface area contributed by atoms with Gasteiger partial charge >= 0.3 is 5.97 Å². The van der Waals surface area contributed by atoms with Crippen molar-refractivity contribution in [3.8, 4) is 0 Å². The van der Waals surface area contributed by atoms with Crippen LogP contribution in [0.2, 0.25) is 0 Å². The molecule has 0 aromatic carbocycles. The summed E-state index contributed by atoms with van der Waals surface area (Å²) in [5, 5.41) is 10.2. The van der Waals surface area contributed by atoms with Gasteiger partial charge in [-0.25, -0.2) is 8.42 Å². The van der Waals surface area contributed by atoms with E-state index >= 15 is 0 Å². The number of sulfone groups is 1. The maximum atomic E-state index is 12.4. The lowest BCUT2D eigenvalue weighted by molar-refractivity contribution is -0.137. The van der Waals surface area contributed by atoms with Crippen LogP contribution in [0.1, 0.15) is 30.6 Å². The zero-order chi connectivity index (χ0) is 16.2. The lowest BCUT2D eigenvalue weighted by Crippen LogP contribution is -2.35. The molecule has 0 atom stereocenters. The van der Waals surface area contributed by atoms with Crippen molar-refractivity contribution in [2.24, 2.45) is 5.92 Å². The minimum Gasteiger partial charge on any atom is -0.481 e. The molecule has 1 rings (SSSR count). The molecule has 0 bridgehead atoms. The molecule has 0 aliphatic carbocycles. The summed E-state index contributed by atoms with van der Waals surface area (Å²) < 4.78 is 23.0. The fourth-order valence-electron chi connectivity index (χ4n) is 1.75. The van der Waals surface area contributed by atoms with E-state index in [0.717, 1.165) is 17.6 Å². The highest BCUT2D eigenvalue weighted by Gasteiger charge is 2.21. The van der Waals surface area contributed by atoms with Crippen LogP contribution in [-0.4, -0.2) is 49.6 Å². The molecule has 0 unspecified atom stereocenters. The van der Waals surface area contributed by atoms with Gasteiger partial charge in [0.2, 0.25) is 0 Å². The molecule has 21 heavy (non-hydrogen) atoms. The van der Waals surface area contributed by atoms with Crippen molar-refractivity contribution >= 4 is 33.1 Å². The molecule has 1 N–H and O–H groups in total. The van der Waals surface area contributed by atoms with Gasteiger partial charge in [0.15, 0.2) is 9.84 Å². The number of nitrogens with zero attached hydrogens (tertiary/aromatic N) is 1. The number of carboxylic acid groups (broad SMARTS) is 1. The summed E-state index contributed by atoms with van der Waals surface area (Å²) in [6.07, 6.45) is 0.949. The Morgan fingerprint density at radius 3 is 2.43 bits per heavy atom. The van der Waals surface area contributed by atoms with Crippen molar-refractivity contribution in [3.05, 3.63) is 17.0 Å². The Balaban J connectivity index is 2.93. The topological polar surface area (TPSA) is 91.8 Å². The number of carbonyl (C=O) groups excluding carboxylic acids is 1. The molecule has 1 aromatic rings. The maximum Gasteiger partial charge on any atom is 0.305 e. The number of hydrogen-bond donors (Lipinski definition) is 1. The molecule has 0 saturated heterocycles. The zero-order valence-corrected chi connectivity index (χ0v) is 13.8. The monoisotopic (exact) mass is 333 g/mol. The van der Waals surface area contributed by atoms with Gasteiger partial charge in [-0.2, -0.15) is 0 Å². The minimum absolute atomic E-state index is 0.108. The van der Waals surface area contributed by atoms with Crippen molar-refractivity contribution in [2.75, 3.05) is 19.3 Å². The van der Waals surface area contributed by atoms with Gasteiger partial charge in [-0.15, -0.1) is 11.3 Å². The first-order valence-corrected chi connectivity index (χ1v) is 9.18. The number of hydrogen-bond acceptors (Lipinski definition) is 5. The summed E-state index contributed by atoms with van der Waals surface area (Å²) in [4.78, 5) is 24.5. The summed E-state index contributed by atoms with van der Waals surface area (Å²) in [5.41, 5.74) is 0.284. The van der Waals surface area contributed by atoms with Crippen LogP contribution in [0.15, 0.2) is 15.7 Å². The molecule has 0 fully saturated rings. The number of carboxylic acids is 1. The molecule has 8 heteroatoms. The van der Waals surface area contributed by atoms with Gasteiger partial charge in [0.1, 0.15) is 4.21 Å². The van der Waals surface area contributed by atoms with Crippen molar-refractivity contribution < 1.29 is 23.1 Å². The van der Waals surface area contributed by atoms with Crippen molar-refractivity contribution in [1.29, 1.82) is 0 Å². The standard InChI is InChI=1S/C13H19NO5S2/c1-9(2)7-14(5-4-11(15)16)13(17)10-6-12(20-8-10)21(3,18)19/h6,8-9H,4-5,7H2,1-3H3,(H,15,16). The summed E-state index contributed by atoms with van der Waals surface area (Å²) in [7, 11) is -3.34. The second kappa shape index (κ2) is 7.04. The zero-order valence-electron chi connectivity index (χ0n) is 12.2. The van der Waals surface area contributed by atoms with Crippen LogP contribution in [-0.2, 0) is 14.6 Å². The van der Waals surface area contributed by atoms with Crippen LogP contribution in [0.5, 0.6) is 0 Å². The highest BCUT2D eigenvalue weighted by atomic mass is 32.2. The molecule has 1 amide bonds. The van der Waals surface area contributed by atoms with Crippen molar-refractivity contribution in [2.45, 2.75) is 24.5 Å². The molecule has 6 nitrogen and oxygen atoms in total. The first-order chi connectivity index (χ1) is 9.61. The van der Waals surface area contributed by atoms with Crippen LogP contribution in [0.3, 0.4) is 0 Å². The van der Waals surface area contributed by atoms with Gasteiger partial charge in [0, 0.05) is 24.7 Å². The van der Waals surface area contributed by atoms with Crippen LogP contribution in [0.4, 0.5) is 0 Å². The highest BCUT2D eigenvalue weighted by Crippen LogP contribution is 2.21. The summed E-state index contributed by atoms with van der Waals surface area (Å²) >= 11 is 0.994. The largest absolute Gasteiger partial charge is 0.481 e.